The summed E-state index contributed by atoms with van der Waals surface area (Å²) in [6, 6.07) is 5.69. The first-order valence-corrected chi connectivity index (χ1v) is 4.95. The van der Waals surface area contributed by atoms with Crippen LogP contribution in [-0.4, -0.2) is 15.3 Å². The van der Waals surface area contributed by atoms with Crippen LogP contribution < -0.4 is 0 Å². The summed E-state index contributed by atoms with van der Waals surface area (Å²) in [4.78, 5) is 15.9. The quantitative estimate of drug-likeness (QED) is 0.612. The number of ketones is 1. The highest BCUT2D eigenvalue weighted by Gasteiger charge is 2.29. The zero-order valence-electron chi connectivity index (χ0n) is 7.07. The molecule has 0 amide bonds. The third-order valence-corrected chi connectivity index (χ3v) is 2.98. The molecule has 2 heterocycles. The minimum Gasteiger partial charge on any atom is -0.296 e. The molecule has 0 atom stereocenters. The Hall–Kier alpha value is -1.42. The van der Waals surface area contributed by atoms with Gasteiger partial charge < -0.3 is 0 Å². The number of rotatable bonds is 0. The van der Waals surface area contributed by atoms with E-state index in [-0.39, 0.29) is 5.78 Å². The van der Waals surface area contributed by atoms with E-state index in [0.29, 0.717) is 11.4 Å². The zero-order valence-corrected chi connectivity index (χ0v) is 8.65. The van der Waals surface area contributed by atoms with Gasteiger partial charge in [0.15, 0.2) is 5.82 Å². The summed E-state index contributed by atoms with van der Waals surface area (Å²) in [5.74, 6) is 0.476. The van der Waals surface area contributed by atoms with Crippen molar-refractivity contribution in [3.8, 4) is 5.69 Å². The number of carbonyl (C=O) groups excluding carboxylic acids is 1. The van der Waals surface area contributed by atoms with Crippen molar-refractivity contribution in [2.45, 2.75) is 0 Å². The van der Waals surface area contributed by atoms with Crippen LogP contribution in [0.3, 0.4) is 0 Å². The van der Waals surface area contributed by atoms with Crippen LogP contribution in [0.1, 0.15) is 16.2 Å². The van der Waals surface area contributed by atoms with E-state index in [9.17, 15) is 4.79 Å². The van der Waals surface area contributed by atoms with Gasteiger partial charge in [-0.05, 0) is 28.1 Å². The molecule has 0 unspecified atom stereocenters. The Morgan fingerprint density at radius 3 is 3.07 bits per heavy atom. The lowest BCUT2D eigenvalue weighted by Gasteiger charge is -2.00. The molecule has 14 heavy (non-hydrogen) atoms. The number of imidazole rings is 1. The summed E-state index contributed by atoms with van der Waals surface area (Å²) in [7, 11) is 0. The lowest BCUT2D eigenvalue weighted by Crippen LogP contribution is -1.97. The third kappa shape index (κ3) is 0.812. The molecule has 0 radical (unpaired) electrons. The Kier molecular flexibility index (Phi) is 1.44. The Balaban J connectivity index is 2.44. The van der Waals surface area contributed by atoms with Crippen molar-refractivity contribution < 1.29 is 4.79 Å². The van der Waals surface area contributed by atoms with Crippen molar-refractivity contribution in [1.29, 1.82) is 0 Å². The summed E-state index contributed by atoms with van der Waals surface area (Å²) in [5, 5.41) is 0. The molecule has 1 aromatic heterocycles. The van der Waals surface area contributed by atoms with Crippen LogP contribution in [0.25, 0.3) is 5.69 Å². The van der Waals surface area contributed by atoms with Gasteiger partial charge in [0.05, 0.1) is 11.3 Å². The van der Waals surface area contributed by atoms with Crippen molar-refractivity contribution >= 4 is 21.7 Å². The lowest BCUT2D eigenvalue weighted by atomic mass is 10.1. The van der Waals surface area contributed by atoms with E-state index in [0.717, 1.165) is 10.2 Å². The average molecular weight is 249 g/mol. The largest absolute Gasteiger partial charge is 0.296 e. The molecule has 0 saturated heterocycles. The zero-order chi connectivity index (χ0) is 9.71. The second-order valence-electron chi connectivity index (χ2n) is 3.08. The van der Waals surface area contributed by atoms with Gasteiger partial charge in [-0.2, -0.15) is 0 Å². The van der Waals surface area contributed by atoms with Gasteiger partial charge in [0.25, 0.3) is 0 Å². The minimum absolute atomic E-state index is 0.0162. The van der Waals surface area contributed by atoms with E-state index in [1.165, 1.54) is 0 Å². The van der Waals surface area contributed by atoms with Crippen molar-refractivity contribution in [3.63, 3.8) is 0 Å². The maximum absolute atomic E-state index is 11.9. The Labute approximate surface area is 88.5 Å². The molecule has 3 rings (SSSR count). The van der Waals surface area contributed by atoms with Crippen LogP contribution in [0.5, 0.6) is 0 Å². The van der Waals surface area contributed by atoms with E-state index in [1.54, 1.807) is 12.4 Å². The summed E-state index contributed by atoms with van der Waals surface area (Å²) >= 11 is 3.37. The smallest absolute Gasteiger partial charge is 0.232 e. The number of aromatic nitrogens is 2. The van der Waals surface area contributed by atoms with Gasteiger partial charge in [-0.3, -0.25) is 9.36 Å². The van der Waals surface area contributed by atoms with Crippen molar-refractivity contribution in [2.24, 2.45) is 0 Å². The second kappa shape index (κ2) is 2.54. The van der Waals surface area contributed by atoms with Crippen molar-refractivity contribution in [3.05, 3.63) is 46.5 Å². The highest BCUT2D eigenvalue weighted by atomic mass is 79.9. The van der Waals surface area contributed by atoms with Gasteiger partial charge in [0.1, 0.15) is 0 Å². The fraction of sp³-hybridized carbons (Fsp3) is 0. The van der Waals surface area contributed by atoms with Gasteiger partial charge in [-0.1, -0.05) is 6.07 Å². The van der Waals surface area contributed by atoms with Crippen LogP contribution in [0.15, 0.2) is 35.1 Å². The molecule has 0 fully saturated rings. The minimum atomic E-state index is -0.0162. The molecule has 2 aromatic rings. The maximum atomic E-state index is 11.9. The molecule has 0 aliphatic carbocycles. The highest BCUT2D eigenvalue weighted by Crippen LogP contribution is 2.31. The first-order valence-electron chi connectivity index (χ1n) is 4.16. The van der Waals surface area contributed by atoms with Gasteiger partial charge in [0.2, 0.25) is 5.78 Å². The number of benzene rings is 1. The van der Waals surface area contributed by atoms with Crippen LogP contribution in [0.4, 0.5) is 0 Å². The number of hydrogen-bond donors (Lipinski definition) is 0. The van der Waals surface area contributed by atoms with Gasteiger partial charge in [-0.25, -0.2) is 4.98 Å². The summed E-state index contributed by atoms with van der Waals surface area (Å²) in [6.45, 7) is 0. The molecule has 0 N–H and O–H groups in total. The first kappa shape index (κ1) is 7.94. The lowest BCUT2D eigenvalue weighted by molar-refractivity contribution is 0.103. The van der Waals surface area contributed by atoms with Crippen LogP contribution in [-0.2, 0) is 0 Å². The molecule has 0 saturated carbocycles. The van der Waals surface area contributed by atoms with E-state index in [2.05, 4.69) is 20.9 Å². The number of carbonyl (C=O) groups is 1. The maximum Gasteiger partial charge on any atom is 0.232 e. The number of halogens is 1. The molecular weight excluding hydrogens is 244 g/mol. The Morgan fingerprint density at radius 1 is 1.36 bits per heavy atom. The fourth-order valence-electron chi connectivity index (χ4n) is 1.72. The topological polar surface area (TPSA) is 34.9 Å². The number of hydrogen-bond acceptors (Lipinski definition) is 2. The van der Waals surface area contributed by atoms with Gasteiger partial charge >= 0.3 is 0 Å². The fourth-order valence-corrected chi connectivity index (χ4v) is 2.25. The molecule has 1 aliphatic rings. The normalized spacial score (nSPS) is 12.8. The number of fused-ring (bicyclic) bond motifs is 3. The van der Waals surface area contributed by atoms with E-state index >= 15 is 0 Å². The third-order valence-electron chi connectivity index (χ3n) is 2.32. The van der Waals surface area contributed by atoms with Gasteiger partial charge in [-0.15, -0.1) is 0 Å². The molecule has 3 nitrogen and oxygen atoms in total. The molecule has 0 bridgehead atoms. The average Bonchev–Trinajstić information content (AvgIpc) is 2.71. The molecular formula is C10H5BrN2O. The van der Waals surface area contributed by atoms with Gasteiger partial charge in [0, 0.05) is 16.9 Å². The molecule has 68 valence electrons. The van der Waals surface area contributed by atoms with Crippen LogP contribution in [0, 0.1) is 0 Å². The first-order chi connectivity index (χ1) is 6.79. The SMILES string of the molecule is O=C1c2c(Br)cccc2-n2ccnc21. The van der Waals surface area contributed by atoms with Crippen molar-refractivity contribution in [1.82, 2.24) is 9.55 Å². The predicted octanol–water partition coefficient (Wildman–Crippen LogP) is 2.18. The second-order valence-corrected chi connectivity index (χ2v) is 3.94. The molecule has 1 aliphatic heterocycles. The Bertz CT molecular complexity index is 545. The van der Waals surface area contributed by atoms with Crippen molar-refractivity contribution in [2.75, 3.05) is 0 Å². The summed E-state index contributed by atoms with van der Waals surface area (Å²) in [6.07, 6.45) is 3.43. The van der Waals surface area contributed by atoms with E-state index in [4.69, 9.17) is 0 Å². The van der Waals surface area contributed by atoms with E-state index < -0.39 is 0 Å². The summed E-state index contributed by atoms with van der Waals surface area (Å²) in [5.41, 5.74) is 1.60. The molecule has 1 aromatic carbocycles. The standard InChI is InChI=1S/C10H5BrN2O/c11-6-2-1-3-7-8(6)9(14)10-12-4-5-13(7)10/h1-5H. The highest BCUT2D eigenvalue weighted by molar-refractivity contribution is 9.10. The Morgan fingerprint density at radius 2 is 2.21 bits per heavy atom. The van der Waals surface area contributed by atoms with Crippen LogP contribution >= 0.6 is 15.9 Å². The van der Waals surface area contributed by atoms with Crippen LogP contribution in [0.2, 0.25) is 0 Å². The van der Waals surface area contributed by atoms with E-state index in [1.807, 2.05) is 22.8 Å². The monoisotopic (exact) mass is 248 g/mol. The molecule has 4 heteroatoms. The molecule has 0 spiro atoms. The summed E-state index contributed by atoms with van der Waals surface area (Å²) < 4.78 is 2.63. The number of nitrogens with zero attached hydrogens (tertiary/aromatic N) is 2. The predicted molar refractivity (Wildman–Crippen MR) is 54.7 cm³/mol.